The molecule has 1 aliphatic heterocycles. The highest BCUT2D eigenvalue weighted by Crippen LogP contribution is 2.27. The minimum atomic E-state index is -0.175. The Kier molecular flexibility index (Phi) is 5.20. The fourth-order valence-electron chi connectivity index (χ4n) is 2.65. The summed E-state index contributed by atoms with van der Waals surface area (Å²) in [7, 11) is 1.64. The smallest absolute Gasteiger partial charge is 0.241 e. The fraction of sp³-hybridized carbons (Fsp3) is 0.562. The van der Waals surface area contributed by atoms with Crippen molar-refractivity contribution in [3.8, 4) is 5.75 Å². The first kappa shape index (κ1) is 15.8. The van der Waals surface area contributed by atoms with Gasteiger partial charge in [-0.05, 0) is 38.5 Å². The maximum atomic E-state index is 12.3. The van der Waals surface area contributed by atoms with E-state index in [2.05, 4.69) is 5.32 Å². The van der Waals surface area contributed by atoms with Gasteiger partial charge in [0.2, 0.25) is 5.91 Å². The Hall–Kier alpha value is -1.59. The molecule has 21 heavy (non-hydrogen) atoms. The van der Waals surface area contributed by atoms with Crippen LogP contribution in [-0.2, 0) is 9.53 Å². The molecule has 0 aromatic heterocycles. The Labute approximate surface area is 126 Å². The first-order valence-electron chi connectivity index (χ1n) is 7.39. The molecule has 116 valence electrons. The Morgan fingerprint density at radius 2 is 2.00 bits per heavy atom. The van der Waals surface area contributed by atoms with Crippen LogP contribution in [0.1, 0.15) is 32.5 Å². The molecule has 1 aromatic carbocycles. The van der Waals surface area contributed by atoms with Crippen molar-refractivity contribution in [2.45, 2.75) is 39.1 Å². The van der Waals surface area contributed by atoms with Crippen LogP contribution in [0.3, 0.4) is 0 Å². The summed E-state index contributed by atoms with van der Waals surface area (Å²) in [5.41, 5.74) is 1.05. The fourth-order valence-corrected chi connectivity index (χ4v) is 2.65. The van der Waals surface area contributed by atoms with Crippen LogP contribution < -0.4 is 10.1 Å². The second kappa shape index (κ2) is 6.91. The normalized spacial score (nSPS) is 23.4. The number of nitrogens with one attached hydrogen (secondary N) is 1. The first-order valence-corrected chi connectivity index (χ1v) is 7.39. The van der Waals surface area contributed by atoms with Gasteiger partial charge in [-0.3, -0.25) is 10.1 Å². The minimum absolute atomic E-state index is 0.0202. The number of ether oxygens (including phenoxy) is 2. The number of carbonyl (C=O) groups excluding carboxylic acids is 1. The minimum Gasteiger partial charge on any atom is -0.497 e. The van der Waals surface area contributed by atoms with E-state index in [1.165, 1.54) is 0 Å². The van der Waals surface area contributed by atoms with Crippen LogP contribution in [0.15, 0.2) is 24.3 Å². The zero-order valence-corrected chi connectivity index (χ0v) is 13.1. The van der Waals surface area contributed by atoms with Gasteiger partial charge in [-0.1, -0.05) is 12.1 Å². The van der Waals surface area contributed by atoms with Crippen molar-refractivity contribution in [1.29, 1.82) is 0 Å². The highest BCUT2D eigenvalue weighted by atomic mass is 16.5. The molecule has 0 bridgehead atoms. The molecule has 3 atom stereocenters. The Morgan fingerprint density at radius 1 is 1.33 bits per heavy atom. The molecule has 2 rings (SSSR count). The van der Waals surface area contributed by atoms with Crippen molar-refractivity contribution in [2.75, 3.05) is 20.3 Å². The first-order chi connectivity index (χ1) is 10.1. The van der Waals surface area contributed by atoms with Crippen LogP contribution in [0.2, 0.25) is 0 Å². The van der Waals surface area contributed by atoms with E-state index in [1.807, 2.05) is 49.9 Å². The van der Waals surface area contributed by atoms with Crippen molar-refractivity contribution < 1.29 is 14.3 Å². The third kappa shape index (κ3) is 3.54. The summed E-state index contributed by atoms with van der Waals surface area (Å²) in [5.74, 6) is 0.924. The van der Waals surface area contributed by atoms with Gasteiger partial charge in [-0.25, -0.2) is 0 Å². The molecule has 3 unspecified atom stereocenters. The van der Waals surface area contributed by atoms with Crippen LogP contribution in [0.25, 0.3) is 0 Å². The van der Waals surface area contributed by atoms with E-state index in [0.29, 0.717) is 13.2 Å². The second-order valence-corrected chi connectivity index (χ2v) is 5.32. The summed E-state index contributed by atoms with van der Waals surface area (Å²) in [6, 6.07) is 7.62. The van der Waals surface area contributed by atoms with Crippen LogP contribution in [0, 0.1) is 0 Å². The number of hydrogen-bond acceptors (Lipinski definition) is 4. The van der Waals surface area contributed by atoms with Gasteiger partial charge in [0, 0.05) is 13.2 Å². The topological polar surface area (TPSA) is 50.8 Å². The number of hydrogen-bond donors (Lipinski definition) is 1. The van der Waals surface area contributed by atoms with Gasteiger partial charge in [0.25, 0.3) is 0 Å². The molecule has 5 nitrogen and oxygen atoms in total. The molecule has 1 aliphatic rings. The molecule has 5 heteroatoms. The molecular weight excluding hydrogens is 268 g/mol. The second-order valence-electron chi connectivity index (χ2n) is 5.32. The molecule has 1 heterocycles. The highest BCUT2D eigenvalue weighted by Gasteiger charge is 2.37. The molecule has 0 aliphatic carbocycles. The largest absolute Gasteiger partial charge is 0.497 e. The summed E-state index contributed by atoms with van der Waals surface area (Å²) in [5, 5.41) is 3.33. The zero-order valence-electron chi connectivity index (χ0n) is 13.1. The third-order valence-corrected chi connectivity index (χ3v) is 3.71. The lowest BCUT2D eigenvalue weighted by Gasteiger charge is -2.27. The van der Waals surface area contributed by atoms with E-state index in [4.69, 9.17) is 9.47 Å². The van der Waals surface area contributed by atoms with E-state index in [0.717, 1.165) is 11.3 Å². The van der Waals surface area contributed by atoms with Crippen molar-refractivity contribution in [2.24, 2.45) is 0 Å². The maximum absolute atomic E-state index is 12.3. The Morgan fingerprint density at radius 3 is 2.57 bits per heavy atom. The number of carbonyl (C=O) groups is 1. The Bertz CT molecular complexity index is 475. The van der Waals surface area contributed by atoms with Crippen molar-refractivity contribution in [1.82, 2.24) is 10.2 Å². The number of rotatable bonds is 6. The van der Waals surface area contributed by atoms with E-state index >= 15 is 0 Å². The summed E-state index contributed by atoms with van der Waals surface area (Å²) >= 11 is 0. The van der Waals surface area contributed by atoms with Gasteiger partial charge in [-0.2, -0.15) is 0 Å². The molecule has 1 saturated heterocycles. The summed E-state index contributed by atoms with van der Waals surface area (Å²) in [6.07, 6.45) is -0.0897. The standard InChI is InChI=1S/C16H24N2O3/c1-5-21-11(2)10-18-15(17-12(3)16(18)19)13-6-8-14(20-4)9-7-13/h6-9,11-12,15,17H,5,10H2,1-4H3. The van der Waals surface area contributed by atoms with E-state index in [-0.39, 0.29) is 24.2 Å². The lowest BCUT2D eigenvalue weighted by Crippen LogP contribution is -2.37. The lowest BCUT2D eigenvalue weighted by atomic mass is 10.1. The number of nitrogens with zero attached hydrogens (tertiary/aromatic N) is 1. The van der Waals surface area contributed by atoms with Gasteiger partial charge in [0.15, 0.2) is 0 Å². The van der Waals surface area contributed by atoms with E-state index in [9.17, 15) is 4.79 Å². The zero-order chi connectivity index (χ0) is 15.4. The van der Waals surface area contributed by atoms with Gasteiger partial charge >= 0.3 is 0 Å². The molecule has 1 amide bonds. The molecule has 0 spiro atoms. The monoisotopic (exact) mass is 292 g/mol. The predicted molar refractivity (Wildman–Crippen MR) is 81.1 cm³/mol. The quantitative estimate of drug-likeness (QED) is 0.870. The van der Waals surface area contributed by atoms with Crippen molar-refractivity contribution in [3.63, 3.8) is 0 Å². The SMILES string of the molecule is CCOC(C)CN1C(=O)C(C)NC1c1ccc(OC)cc1. The molecule has 1 N–H and O–H groups in total. The van der Waals surface area contributed by atoms with Gasteiger partial charge in [-0.15, -0.1) is 0 Å². The predicted octanol–water partition coefficient (Wildman–Crippen LogP) is 1.94. The molecule has 0 radical (unpaired) electrons. The maximum Gasteiger partial charge on any atom is 0.241 e. The Balaban J connectivity index is 2.16. The number of benzene rings is 1. The summed E-state index contributed by atoms with van der Waals surface area (Å²) in [6.45, 7) is 7.08. The average molecular weight is 292 g/mol. The summed E-state index contributed by atoms with van der Waals surface area (Å²) < 4.78 is 10.7. The van der Waals surface area contributed by atoms with E-state index < -0.39 is 0 Å². The molecular formula is C16H24N2O3. The van der Waals surface area contributed by atoms with Crippen LogP contribution in [0.4, 0.5) is 0 Å². The van der Waals surface area contributed by atoms with Gasteiger partial charge in [0.05, 0.1) is 19.3 Å². The highest BCUT2D eigenvalue weighted by molar-refractivity contribution is 5.84. The molecule has 0 saturated carbocycles. The number of amides is 1. The summed E-state index contributed by atoms with van der Waals surface area (Å²) in [4.78, 5) is 14.2. The lowest BCUT2D eigenvalue weighted by molar-refractivity contribution is -0.131. The number of methoxy groups -OCH3 is 1. The molecule has 1 fully saturated rings. The van der Waals surface area contributed by atoms with Crippen molar-refractivity contribution in [3.05, 3.63) is 29.8 Å². The average Bonchev–Trinajstić information content (AvgIpc) is 2.76. The van der Waals surface area contributed by atoms with Crippen LogP contribution in [-0.4, -0.2) is 43.2 Å². The van der Waals surface area contributed by atoms with Crippen LogP contribution in [0.5, 0.6) is 5.75 Å². The third-order valence-electron chi connectivity index (χ3n) is 3.71. The van der Waals surface area contributed by atoms with E-state index in [1.54, 1.807) is 7.11 Å². The van der Waals surface area contributed by atoms with Crippen molar-refractivity contribution >= 4 is 5.91 Å². The molecule has 1 aromatic rings. The van der Waals surface area contributed by atoms with Gasteiger partial charge < -0.3 is 14.4 Å². The van der Waals surface area contributed by atoms with Gasteiger partial charge in [0.1, 0.15) is 11.9 Å². The van der Waals surface area contributed by atoms with Crippen LogP contribution >= 0.6 is 0 Å².